The Hall–Kier alpha value is -2.36. The standard InChI is InChI=1S/C22H26O4/c1-17(7-5-12-22(25)19-10-6-11-20(23)14-19)13-21(24)16-26-15-18-8-3-2-4-9-18/h2-6,8-11,14,21-25H,12-13,15-16H2,1H3/t7?,21-,22-/m1/s1. The number of hydrogen-bond acceptors (Lipinski definition) is 4. The molecule has 0 heterocycles. The molecule has 0 fully saturated rings. The highest BCUT2D eigenvalue weighted by molar-refractivity contribution is 5.28. The summed E-state index contributed by atoms with van der Waals surface area (Å²) in [5.41, 5.74) is 5.72. The molecule has 2 aromatic carbocycles. The molecule has 4 nitrogen and oxygen atoms in total. The summed E-state index contributed by atoms with van der Waals surface area (Å²) >= 11 is 0. The van der Waals surface area contributed by atoms with Gasteiger partial charge >= 0.3 is 0 Å². The smallest absolute Gasteiger partial charge is 0.115 e. The largest absolute Gasteiger partial charge is 0.508 e. The van der Waals surface area contributed by atoms with Crippen LogP contribution in [0, 0.1) is 0 Å². The maximum Gasteiger partial charge on any atom is 0.115 e. The normalized spacial score (nSPS) is 12.9. The summed E-state index contributed by atoms with van der Waals surface area (Å²) in [7, 11) is 0. The van der Waals surface area contributed by atoms with Crippen LogP contribution in [0.2, 0.25) is 0 Å². The van der Waals surface area contributed by atoms with Crippen LogP contribution >= 0.6 is 0 Å². The Kier molecular flexibility index (Phi) is 8.13. The molecule has 0 spiro atoms. The molecular weight excluding hydrogens is 328 g/mol. The van der Waals surface area contributed by atoms with E-state index in [0.29, 0.717) is 25.0 Å². The van der Waals surface area contributed by atoms with Gasteiger partial charge in [-0.05, 0) is 41.8 Å². The lowest BCUT2D eigenvalue weighted by atomic mass is 10.1. The summed E-state index contributed by atoms with van der Waals surface area (Å²) in [6.07, 6.45) is 1.33. The lowest BCUT2D eigenvalue weighted by molar-refractivity contribution is 0.0289. The molecule has 2 atom stereocenters. The van der Waals surface area contributed by atoms with Gasteiger partial charge in [-0.3, -0.25) is 0 Å². The van der Waals surface area contributed by atoms with Crippen molar-refractivity contribution < 1.29 is 20.1 Å². The predicted molar refractivity (Wildman–Crippen MR) is 102 cm³/mol. The Labute approximate surface area is 154 Å². The van der Waals surface area contributed by atoms with Crippen LogP contribution < -0.4 is 0 Å². The van der Waals surface area contributed by atoms with E-state index in [1.807, 2.05) is 37.3 Å². The first-order valence-electron chi connectivity index (χ1n) is 8.72. The topological polar surface area (TPSA) is 69.9 Å². The third-order valence-electron chi connectivity index (χ3n) is 3.91. The van der Waals surface area contributed by atoms with Crippen molar-refractivity contribution in [1.82, 2.24) is 0 Å². The second-order valence-electron chi connectivity index (χ2n) is 6.33. The minimum Gasteiger partial charge on any atom is -0.508 e. The van der Waals surface area contributed by atoms with E-state index in [4.69, 9.17) is 4.74 Å². The SMILES string of the molecule is CC(=C=CC[C@@H](O)c1cccc(O)c1)C[C@@H](O)COCc1ccccc1. The Morgan fingerprint density at radius 1 is 1.12 bits per heavy atom. The van der Waals surface area contributed by atoms with E-state index in [1.165, 1.54) is 0 Å². The van der Waals surface area contributed by atoms with Crippen LogP contribution in [0.1, 0.15) is 37.0 Å². The molecule has 0 unspecified atom stereocenters. The molecule has 0 aliphatic carbocycles. The average molecular weight is 354 g/mol. The molecule has 0 aromatic heterocycles. The highest BCUT2D eigenvalue weighted by atomic mass is 16.5. The van der Waals surface area contributed by atoms with Gasteiger partial charge in [-0.1, -0.05) is 42.5 Å². The monoisotopic (exact) mass is 354 g/mol. The van der Waals surface area contributed by atoms with E-state index in [-0.39, 0.29) is 12.4 Å². The zero-order chi connectivity index (χ0) is 18.8. The number of hydrogen-bond donors (Lipinski definition) is 3. The van der Waals surface area contributed by atoms with Crippen LogP contribution in [0.3, 0.4) is 0 Å². The van der Waals surface area contributed by atoms with Crippen molar-refractivity contribution in [2.45, 2.75) is 38.6 Å². The summed E-state index contributed by atoms with van der Waals surface area (Å²) in [6.45, 7) is 2.63. The maximum atomic E-state index is 10.1. The van der Waals surface area contributed by atoms with Gasteiger partial charge in [-0.15, -0.1) is 5.73 Å². The van der Waals surface area contributed by atoms with E-state index in [9.17, 15) is 15.3 Å². The van der Waals surface area contributed by atoms with E-state index in [1.54, 1.807) is 30.3 Å². The Bertz CT molecular complexity index is 733. The predicted octanol–water partition coefficient (Wildman–Crippen LogP) is 3.88. The molecule has 0 amide bonds. The van der Waals surface area contributed by atoms with Gasteiger partial charge < -0.3 is 20.1 Å². The molecule has 26 heavy (non-hydrogen) atoms. The fraction of sp³-hybridized carbons (Fsp3) is 0.318. The zero-order valence-electron chi connectivity index (χ0n) is 15.0. The molecular formula is C22H26O4. The van der Waals surface area contributed by atoms with Crippen molar-refractivity contribution in [1.29, 1.82) is 0 Å². The van der Waals surface area contributed by atoms with Crippen LogP contribution in [0.5, 0.6) is 5.75 Å². The Morgan fingerprint density at radius 2 is 1.88 bits per heavy atom. The molecule has 0 bridgehead atoms. The van der Waals surface area contributed by atoms with Gasteiger partial charge in [0.15, 0.2) is 0 Å². The third-order valence-corrected chi connectivity index (χ3v) is 3.91. The molecule has 4 heteroatoms. The van der Waals surface area contributed by atoms with Gasteiger partial charge in [0.05, 0.1) is 25.4 Å². The highest BCUT2D eigenvalue weighted by Gasteiger charge is 2.07. The average Bonchev–Trinajstić information content (AvgIpc) is 2.62. The van der Waals surface area contributed by atoms with Crippen LogP contribution in [0.4, 0.5) is 0 Å². The van der Waals surface area contributed by atoms with Crippen LogP contribution in [0.25, 0.3) is 0 Å². The molecule has 0 radical (unpaired) electrons. The third kappa shape index (κ3) is 7.26. The molecule has 0 saturated heterocycles. The zero-order valence-corrected chi connectivity index (χ0v) is 15.0. The number of phenols is 1. The highest BCUT2D eigenvalue weighted by Crippen LogP contribution is 2.21. The molecule has 138 valence electrons. The fourth-order valence-electron chi connectivity index (χ4n) is 2.57. The number of aliphatic hydroxyl groups excluding tert-OH is 2. The number of aliphatic hydroxyl groups is 2. The number of rotatable bonds is 9. The van der Waals surface area contributed by atoms with E-state index in [2.05, 4.69) is 5.73 Å². The van der Waals surface area contributed by atoms with Gasteiger partial charge in [0.1, 0.15) is 5.75 Å². The van der Waals surface area contributed by atoms with E-state index < -0.39 is 12.2 Å². The molecule has 0 aliphatic heterocycles. The molecule has 0 aliphatic rings. The van der Waals surface area contributed by atoms with Crippen LogP contribution in [0.15, 0.2) is 72.0 Å². The lowest BCUT2D eigenvalue weighted by Crippen LogP contribution is -2.15. The van der Waals surface area contributed by atoms with E-state index in [0.717, 1.165) is 11.1 Å². The summed E-state index contributed by atoms with van der Waals surface area (Å²) < 4.78 is 5.53. The first-order chi connectivity index (χ1) is 12.5. The number of aromatic hydroxyl groups is 1. The maximum absolute atomic E-state index is 10.1. The quantitative estimate of drug-likeness (QED) is 0.598. The van der Waals surface area contributed by atoms with Gasteiger partial charge in [0.2, 0.25) is 0 Å². The first-order valence-corrected chi connectivity index (χ1v) is 8.72. The second kappa shape index (κ2) is 10.6. The van der Waals surface area contributed by atoms with Crippen LogP contribution in [-0.4, -0.2) is 28.0 Å². The number of ether oxygens (including phenoxy) is 1. The number of benzene rings is 2. The minimum atomic E-state index is -0.693. The molecule has 2 aromatic rings. The first kappa shape index (κ1) is 20.0. The molecule has 0 saturated carbocycles. The Balaban J connectivity index is 1.74. The molecule has 3 N–H and O–H groups in total. The van der Waals surface area contributed by atoms with Gasteiger partial charge in [-0.2, -0.15) is 0 Å². The van der Waals surface area contributed by atoms with Crippen molar-refractivity contribution in [3.63, 3.8) is 0 Å². The van der Waals surface area contributed by atoms with Gasteiger partial charge in [-0.25, -0.2) is 0 Å². The fourth-order valence-corrected chi connectivity index (χ4v) is 2.57. The summed E-state index contributed by atoms with van der Waals surface area (Å²) in [4.78, 5) is 0. The second-order valence-corrected chi connectivity index (χ2v) is 6.33. The lowest BCUT2D eigenvalue weighted by Gasteiger charge is -2.11. The van der Waals surface area contributed by atoms with Crippen molar-refractivity contribution in [2.24, 2.45) is 0 Å². The molecule has 2 rings (SSSR count). The summed E-state index contributed by atoms with van der Waals surface area (Å²) in [6, 6.07) is 16.4. The van der Waals surface area contributed by atoms with Crippen molar-refractivity contribution in [3.8, 4) is 5.75 Å². The van der Waals surface area contributed by atoms with Crippen LogP contribution in [-0.2, 0) is 11.3 Å². The Morgan fingerprint density at radius 3 is 2.62 bits per heavy atom. The summed E-state index contributed by atoms with van der Waals surface area (Å²) in [5.74, 6) is 0.135. The van der Waals surface area contributed by atoms with E-state index >= 15 is 0 Å². The minimum absolute atomic E-state index is 0.135. The van der Waals surface area contributed by atoms with Gasteiger partial charge in [0.25, 0.3) is 0 Å². The van der Waals surface area contributed by atoms with Crippen molar-refractivity contribution >= 4 is 0 Å². The summed E-state index contributed by atoms with van der Waals surface area (Å²) in [5, 5.41) is 29.6. The van der Waals surface area contributed by atoms with Crippen molar-refractivity contribution in [2.75, 3.05) is 6.61 Å². The number of phenolic OH excluding ortho intramolecular Hbond substituents is 1. The van der Waals surface area contributed by atoms with Gasteiger partial charge in [0, 0.05) is 12.8 Å². The van der Waals surface area contributed by atoms with Crippen molar-refractivity contribution in [3.05, 3.63) is 83.1 Å².